The Bertz CT molecular complexity index is 1080. The predicted molar refractivity (Wildman–Crippen MR) is 116 cm³/mol. The molecule has 2 amide bonds. The zero-order valence-electron chi connectivity index (χ0n) is 16.0. The Morgan fingerprint density at radius 1 is 0.967 bits per heavy atom. The van der Waals surface area contributed by atoms with Crippen LogP contribution in [0.3, 0.4) is 0 Å². The SMILES string of the molecule is COc1ccc(CNC(=O)C(=O)NC[C@@H](c2cccs2)S(=O)(=O)c2cccs2)cc1. The molecule has 30 heavy (non-hydrogen) atoms. The van der Waals surface area contributed by atoms with E-state index < -0.39 is 26.9 Å². The predicted octanol–water partition coefficient (Wildman–Crippen LogP) is 2.77. The molecule has 158 valence electrons. The number of carbonyl (C=O) groups excluding carboxylic acids is 2. The molecule has 0 unspecified atom stereocenters. The summed E-state index contributed by atoms with van der Waals surface area (Å²) >= 11 is 2.41. The van der Waals surface area contributed by atoms with Crippen molar-refractivity contribution < 1.29 is 22.7 Å². The maximum Gasteiger partial charge on any atom is 0.309 e. The maximum absolute atomic E-state index is 13.0. The summed E-state index contributed by atoms with van der Waals surface area (Å²) in [6, 6.07) is 13.7. The number of carbonyl (C=O) groups is 2. The van der Waals surface area contributed by atoms with E-state index in [0.29, 0.717) is 10.6 Å². The quantitative estimate of drug-likeness (QED) is 0.499. The van der Waals surface area contributed by atoms with Gasteiger partial charge in [0.25, 0.3) is 0 Å². The summed E-state index contributed by atoms with van der Waals surface area (Å²) in [4.78, 5) is 24.9. The van der Waals surface area contributed by atoms with Crippen molar-refractivity contribution in [3.63, 3.8) is 0 Å². The van der Waals surface area contributed by atoms with Crippen molar-refractivity contribution >= 4 is 44.3 Å². The Morgan fingerprint density at radius 3 is 2.23 bits per heavy atom. The summed E-state index contributed by atoms with van der Waals surface area (Å²) in [5, 5.41) is 7.47. The summed E-state index contributed by atoms with van der Waals surface area (Å²) in [5.74, 6) is -1.02. The van der Waals surface area contributed by atoms with Gasteiger partial charge in [0.05, 0.1) is 7.11 Å². The number of sulfone groups is 1. The number of amides is 2. The van der Waals surface area contributed by atoms with E-state index in [4.69, 9.17) is 4.74 Å². The van der Waals surface area contributed by atoms with E-state index >= 15 is 0 Å². The van der Waals surface area contributed by atoms with Gasteiger partial charge in [0.15, 0.2) is 9.84 Å². The summed E-state index contributed by atoms with van der Waals surface area (Å²) in [6.45, 7) is -0.0341. The Labute approximate surface area is 182 Å². The first kappa shape index (κ1) is 22.0. The topological polar surface area (TPSA) is 102 Å². The molecule has 0 fully saturated rings. The Hall–Kier alpha value is -2.69. The van der Waals surface area contributed by atoms with Gasteiger partial charge in [0.2, 0.25) is 0 Å². The van der Waals surface area contributed by atoms with Crippen molar-refractivity contribution in [3.8, 4) is 5.75 Å². The summed E-state index contributed by atoms with van der Waals surface area (Å²) in [5.41, 5.74) is 0.800. The number of rotatable bonds is 8. The minimum atomic E-state index is -3.69. The molecular formula is C20H20N2O5S3. The molecule has 0 aliphatic rings. The van der Waals surface area contributed by atoms with Crippen LogP contribution in [0.4, 0.5) is 0 Å². The van der Waals surface area contributed by atoms with Crippen LogP contribution in [0.5, 0.6) is 5.75 Å². The lowest BCUT2D eigenvalue weighted by Crippen LogP contribution is -2.41. The standard InChI is InChI=1S/C20H20N2O5S3/c1-27-15-8-6-14(7-9-15)12-21-19(23)20(24)22-13-17(16-4-2-10-28-16)30(25,26)18-5-3-11-29-18/h2-11,17H,12-13H2,1H3,(H,21,23)(H,22,24)/t17-/m0/s1. The van der Waals surface area contributed by atoms with Gasteiger partial charge in [0, 0.05) is 18.0 Å². The first-order valence-electron chi connectivity index (χ1n) is 8.91. The molecule has 1 aromatic carbocycles. The van der Waals surface area contributed by atoms with Gasteiger partial charge in [-0.3, -0.25) is 9.59 Å². The highest BCUT2D eigenvalue weighted by Gasteiger charge is 2.31. The van der Waals surface area contributed by atoms with Gasteiger partial charge in [-0.15, -0.1) is 22.7 Å². The molecule has 0 bridgehead atoms. The third-order valence-electron chi connectivity index (χ3n) is 4.28. The summed E-state index contributed by atoms with van der Waals surface area (Å²) < 4.78 is 31.3. The highest BCUT2D eigenvalue weighted by molar-refractivity contribution is 7.93. The second-order valence-electron chi connectivity index (χ2n) is 6.22. The number of hydrogen-bond acceptors (Lipinski definition) is 7. The molecule has 0 saturated carbocycles. The van der Waals surface area contributed by atoms with Crippen molar-refractivity contribution in [2.75, 3.05) is 13.7 Å². The van der Waals surface area contributed by atoms with Gasteiger partial charge in [0.1, 0.15) is 15.2 Å². The van der Waals surface area contributed by atoms with Gasteiger partial charge >= 0.3 is 11.8 Å². The van der Waals surface area contributed by atoms with Crippen LogP contribution in [-0.4, -0.2) is 33.9 Å². The third kappa shape index (κ3) is 5.26. The lowest BCUT2D eigenvalue weighted by molar-refractivity contribution is -0.139. The first-order valence-corrected chi connectivity index (χ1v) is 12.2. The smallest absolute Gasteiger partial charge is 0.309 e. The van der Waals surface area contributed by atoms with Crippen molar-refractivity contribution in [2.24, 2.45) is 0 Å². The molecule has 2 N–H and O–H groups in total. The molecule has 2 aromatic heterocycles. The molecule has 3 rings (SSSR count). The number of methoxy groups -OCH3 is 1. The molecule has 7 nitrogen and oxygen atoms in total. The molecular weight excluding hydrogens is 444 g/mol. The van der Waals surface area contributed by atoms with Crippen molar-refractivity contribution in [3.05, 3.63) is 69.7 Å². The van der Waals surface area contributed by atoms with E-state index in [1.807, 2.05) is 0 Å². The molecule has 1 atom stereocenters. The molecule has 10 heteroatoms. The third-order valence-corrected chi connectivity index (χ3v) is 8.93. The van der Waals surface area contributed by atoms with Crippen molar-refractivity contribution in [1.82, 2.24) is 10.6 Å². The van der Waals surface area contributed by atoms with Crippen LogP contribution in [0.1, 0.15) is 15.7 Å². The lowest BCUT2D eigenvalue weighted by atomic mass is 10.2. The fourth-order valence-electron chi connectivity index (χ4n) is 2.67. The van der Waals surface area contributed by atoms with E-state index in [1.54, 1.807) is 60.3 Å². The number of benzene rings is 1. The Balaban J connectivity index is 1.62. The minimum absolute atomic E-state index is 0.165. The minimum Gasteiger partial charge on any atom is -0.497 e. The highest BCUT2D eigenvalue weighted by Crippen LogP contribution is 2.33. The molecule has 0 spiro atoms. The fraction of sp³-hybridized carbons (Fsp3) is 0.200. The molecule has 0 radical (unpaired) electrons. The fourth-order valence-corrected chi connectivity index (χ4v) is 6.66. The summed E-state index contributed by atoms with van der Waals surface area (Å²) in [7, 11) is -2.13. The lowest BCUT2D eigenvalue weighted by Gasteiger charge is -2.16. The Morgan fingerprint density at radius 2 is 1.63 bits per heavy atom. The number of nitrogens with one attached hydrogen (secondary N) is 2. The molecule has 0 saturated heterocycles. The van der Waals surface area contributed by atoms with Gasteiger partial charge in [-0.2, -0.15) is 0 Å². The van der Waals surface area contributed by atoms with Crippen molar-refractivity contribution in [2.45, 2.75) is 16.0 Å². The zero-order chi connectivity index (χ0) is 21.6. The monoisotopic (exact) mass is 464 g/mol. The van der Waals surface area contributed by atoms with E-state index in [-0.39, 0.29) is 17.3 Å². The second kappa shape index (κ2) is 9.88. The van der Waals surface area contributed by atoms with Crippen molar-refractivity contribution in [1.29, 1.82) is 0 Å². The molecule has 0 aliphatic heterocycles. The van der Waals surface area contributed by atoms with Gasteiger partial charge in [-0.1, -0.05) is 24.3 Å². The van der Waals surface area contributed by atoms with Crippen LogP contribution >= 0.6 is 22.7 Å². The molecule has 2 heterocycles. The zero-order valence-corrected chi connectivity index (χ0v) is 18.5. The van der Waals surface area contributed by atoms with Crippen LogP contribution < -0.4 is 15.4 Å². The van der Waals surface area contributed by atoms with Gasteiger partial charge in [-0.05, 0) is 40.6 Å². The van der Waals surface area contributed by atoms with Gasteiger partial charge in [-0.25, -0.2) is 8.42 Å². The van der Waals surface area contributed by atoms with E-state index in [1.165, 1.54) is 17.4 Å². The van der Waals surface area contributed by atoms with Crippen LogP contribution in [0.15, 0.2) is 63.5 Å². The summed E-state index contributed by atoms with van der Waals surface area (Å²) in [6.07, 6.45) is 0. The number of thiophene rings is 2. The van der Waals surface area contributed by atoms with E-state index in [2.05, 4.69) is 10.6 Å². The van der Waals surface area contributed by atoms with Crippen LogP contribution in [0, 0.1) is 0 Å². The van der Waals surface area contributed by atoms with Gasteiger partial charge < -0.3 is 15.4 Å². The largest absolute Gasteiger partial charge is 0.497 e. The second-order valence-corrected chi connectivity index (χ2v) is 10.5. The maximum atomic E-state index is 13.0. The number of ether oxygens (including phenoxy) is 1. The first-order chi connectivity index (χ1) is 14.4. The van der Waals surface area contributed by atoms with Crippen LogP contribution in [0.25, 0.3) is 0 Å². The normalized spacial score (nSPS) is 12.2. The molecule has 0 aliphatic carbocycles. The van der Waals surface area contributed by atoms with Crippen LogP contribution in [0.2, 0.25) is 0 Å². The number of hydrogen-bond donors (Lipinski definition) is 2. The van der Waals surface area contributed by atoms with E-state index in [9.17, 15) is 18.0 Å². The average molecular weight is 465 g/mol. The highest BCUT2D eigenvalue weighted by atomic mass is 32.2. The van der Waals surface area contributed by atoms with Crippen LogP contribution in [-0.2, 0) is 26.0 Å². The molecule has 3 aromatic rings. The Kier molecular flexibility index (Phi) is 7.24. The van der Waals surface area contributed by atoms with E-state index in [0.717, 1.165) is 16.9 Å². The average Bonchev–Trinajstić information content (AvgIpc) is 3.46.